The highest BCUT2D eigenvalue weighted by molar-refractivity contribution is 7.14. The van der Waals surface area contributed by atoms with Crippen LogP contribution in [0.3, 0.4) is 0 Å². The van der Waals surface area contributed by atoms with Gasteiger partial charge in [0.1, 0.15) is 5.76 Å². The molecular weight excluding hydrogens is 276 g/mol. The summed E-state index contributed by atoms with van der Waals surface area (Å²) in [4.78, 5) is 13.4. The van der Waals surface area contributed by atoms with E-state index in [1.54, 1.807) is 19.1 Å². The zero-order valence-corrected chi connectivity index (χ0v) is 12.0. The molecule has 0 atom stereocenters. The fraction of sp³-hybridized carbons (Fsp3) is 0.286. The summed E-state index contributed by atoms with van der Waals surface area (Å²) in [6.07, 6.45) is 0.428. The van der Waals surface area contributed by atoms with Crippen molar-refractivity contribution in [2.45, 2.75) is 20.3 Å². The van der Waals surface area contributed by atoms with Gasteiger partial charge < -0.3 is 14.9 Å². The van der Waals surface area contributed by atoms with Gasteiger partial charge in [-0.2, -0.15) is 0 Å². The molecular formula is C14H14N2O3S. The first kappa shape index (κ1) is 14.3. The summed E-state index contributed by atoms with van der Waals surface area (Å²) in [5.74, 6) is 6.60. The summed E-state index contributed by atoms with van der Waals surface area (Å²) in [5.41, 5.74) is 0.946. The number of amides is 1. The van der Waals surface area contributed by atoms with Crippen LogP contribution >= 0.6 is 11.3 Å². The maximum absolute atomic E-state index is 12.0. The van der Waals surface area contributed by atoms with E-state index in [1.165, 1.54) is 11.3 Å². The third-order valence-corrected chi connectivity index (χ3v) is 3.60. The van der Waals surface area contributed by atoms with Crippen LogP contribution in [0.15, 0.2) is 16.7 Å². The van der Waals surface area contributed by atoms with Gasteiger partial charge in [-0.25, -0.2) is 0 Å². The van der Waals surface area contributed by atoms with E-state index in [0.29, 0.717) is 22.9 Å². The lowest BCUT2D eigenvalue weighted by atomic mass is 10.2. The van der Waals surface area contributed by atoms with Crippen LogP contribution in [0.1, 0.15) is 32.3 Å². The molecule has 0 aliphatic heterocycles. The molecule has 6 heteroatoms. The van der Waals surface area contributed by atoms with Crippen molar-refractivity contribution in [2.24, 2.45) is 0 Å². The van der Waals surface area contributed by atoms with Gasteiger partial charge in [-0.1, -0.05) is 17.0 Å². The summed E-state index contributed by atoms with van der Waals surface area (Å²) >= 11 is 1.32. The van der Waals surface area contributed by atoms with Gasteiger partial charge in [0.2, 0.25) is 0 Å². The SMILES string of the molecule is Cc1cc(NC(=O)c2cc(C)c(C#CCCO)s2)no1. The number of rotatable bonds is 3. The van der Waals surface area contributed by atoms with E-state index in [2.05, 4.69) is 22.3 Å². The van der Waals surface area contributed by atoms with Gasteiger partial charge in [-0.15, -0.1) is 11.3 Å². The number of aliphatic hydroxyl groups is 1. The smallest absolute Gasteiger partial charge is 0.267 e. The minimum absolute atomic E-state index is 0.0380. The van der Waals surface area contributed by atoms with Gasteiger partial charge in [0, 0.05) is 12.5 Å². The van der Waals surface area contributed by atoms with E-state index in [-0.39, 0.29) is 12.5 Å². The van der Waals surface area contributed by atoms with Crippen LogP contribution in [-0.4, -0.2) is 22.8 Å². The van der Waals surface area contributed by atoms with E-state index in [0.717, 1.165) is 10.4 Å². The monoisotopic (exact) mass is 290 g/mol. The second-order valence-corrected chi connectivity index (χ2v) is 5.23. The number of carbonyl (C=O) groups is 1. The first-order chi connectivity index (χ1) is 9.60. The number of aromatic nitrogens is 1. The molecule has 0 aromatic carbocycles. The van der Waals surface area contributed by atoms with Gasteiger partial charge in [0.15, 0.2) is 5.82 Å². The first-order valence-electron chi connectivity index (χ1n) is 6.05. The van der Waals surface area contributed by atoms with Gasteiger partial charge in [0.25, 0.3) is 5.91 Å². The summed E-state index contributed by atoms with van der Waals surface area (Å²) in [7, 11) is 0. The molecule has 5 nitrogen and oxygen atoms in total. The number of hydrogen-bond donors (Lipinski definition) is 2. The Hall–Kier alpha value is -2.10. The lowest BCUT2D eigenvalue weighted by Crippen LogP contribution is -2.10. The van der Waals surface area contributed by atoms with Crippen molar-refractivity contribution in [1.29, 1.82) is 0 Å². The van der Waals surface area contributed by atoms with E-state index in [9.17, 15) is 4.79 Å². The molecule has 2 rings (SSSR count). The van der Waals surface area contributed by atoms with Crippen LogP contribution in [0, 0.1) is 25.7 Å². The molecule has 20 heavy (non-hydrogen) atoms. The summed E-state index contributed by atoms with van der Waals surface area (Å²) in [5, 5.41) is 15.1. The van der Waals surface area contributed by atoms with Crippen molar-refractivity contribution in [3.8, 4) is 11.8 Å². The Morgan fingerprint density at radius 2 is 2.30 bits per heavy atom. The van der Waals surface area contributed by atoms with Crippen molar-refractivity contribution in [1.82, 2.24) is 5.16 Å². The van der Waals surface area contributed by atoms with Crippen LogP contribution in [0.5, 0.6) is 0 Å². The summed E-state index contributed by atoms with van der Waals surface area (Å²) in [6, 6.07) is 3.44. The van der Waals surface area contributed by atoms with Crippen molar-refractivity contribution in [3.05, 3.63) is 33.2 Å². The molecule has 1 amide bonds. The topological polar surface area (TPSA) is 75.4 Å². The molecule has 0 unspecified atom stereocenters. The highest BCUT2D eigenvalue weighted by atomic mass is 32.1. The van der Waals surface area contributed by atoms with Crippen LogP contribution in [-0.2, 0) is 0 Å². The molecule has 0 spiro atoms. The molecule has 2 N–H and O–H groups in total. The average Bonchev–Trinajstić information content (AvgIpc) is 2.97. The largest absolute Gasteiger partial charge is 0.395 e. The lowest BCUT2D eigenvalue weighted by molar-refractivity contribution is 0.102. The molecule has 2 aromatic rings. The third kappa shape index (κ3) is 3.47. The van der Waals surface area contributed by atoms with Crippen molar-refractivity contribution >= 4 is 23.1 Å². The highest BCUT2D eigenvalue weighted by Crippen LogP contribution is 2.22. The highest BCUT2D eigenvalue weighted by Gasteiger charge is 2.13. The first-order valence-corrected chi connectivity index (χ1v) is 6.86. The van der Waals surface area contributed by atoms with Crippen LogP contribution < -0.4 is 5.32 Å². The molecule has 104 valence electrons. The Morgan fingerprint density at radius 3 is 2.95 bits per heavy atom. The minimum Gasteiger partial charge on any atom is -0.395 e. The Balaban J connectivity index is 2.11. The summed E-state index contributed by atoms with van der Waals surface area (Å²) < 4.78 is 4.89. The normalized spacial score (nSPS) is 9.95. The molecule has 0 fully saturated rings. The average molecular weight is 290 g/mol. The standard InChI is InChI=1S/C14H14N2O3S/c1-9-7-12(20-11(9)5-3-4-6-17)14(18)15-13-8-10(2)19-16-13/h7-8,17H,4,6H2,1-2H3,(H,15,16,18). The fourth-order valence-corrected chi connectivity index (χ4v) is 2.46. The Labute approximate surface area is 120 Å². The number of carbonyl (C=O) groups excluding carboxylic acids is 1. The van der Waals surface area contributed by atoms with Gasteiger partial charge in [0.05, 0.1) is 16.4 Å². The molecule has 0 aliphatic rings. The second kappa shape index (κ2) is 6.37. The second-order valence-electron chi connectivity index (χ2n) is 4.18. The fourth-order valence-electron chi connectivity index (χ4n) is 1.52. The molecule has 0 saturated carbocycles. The van der Waals surface area contributed by atoms with Gasteiger partial charge in [-0.05, 0) is 25.5 Å². The number of aliphatic hydroxyl groups excluding tert-OH is 1. The van der Waals surface area contributed by atoms with Crippen molar-refractivity contribution in [2.75, 3.05) is 11.9 Å². The molecule has 0 aliphatic carbocycles. The third-order valence-electron chi connectivity index (χ3n) is 2.45. The van der Waals surface area contributed by atoms with E-state index >= 15 is 0 Å². The Bertz CT molecular complexity index is 676. The number of anilines is 1. The number of thiophene rings is 1. The number of nitrogens with zero attached hydrogens (tertiary/aromatic N) is 1. The van der Waals surface area contributed by atoms with E-state index in [4.69, 9.17) is 9.63 Å². The minimum atomic E-state index is -0.235. The Kier molecular flexibility index (Phi) is 4.56. The number of aryl methyl sites for hydroxylation is 2. The van der Waals surface area contributed by atoms with Gasteiger partial charge >= 0.3 is 0 Å². The van der Waals surface area contributed by atoms with Crippen molar-refractivity contribution < 1.29 is 14.4 Å². The lowest BCUT2D eigenvalue weighted by Gasteiger charge is -1.96. The predicted molar refractivity (Wildman–Crippen MR) is 76.8 cm³/mol. The van der Waals surface area contributed by atoms with Crippen LogP contribution in [0.25, 0.3) is 0 Å². The van der Waals surface area contributed by atoms with E-state index in [1.807, 2.05) is 6.92 Å². The quantitative estimate of drug-likeness (QED) is 0.851. The summed E-state index contributed by atoms with van der Waals surface area (Å²) in [6.45, 7) is 3.69. The molecule has 2 aromatic heterocycles. The predicted octanol–water partition coefficient (Wildman–Crippen LogP) is 2.34. The maximum Gasteiger partial charge on any atom is 0.267 e. The molecule has 0 saturated heterocycles. The zero-order valence-electron chi connectivity index (χ0n) is 11.2. The maximum atomic E-state index is 12.0. The molecule has 0 bridgehead atoms. The molecule has 0 radical (unpaired) electrons. The van der Waals surface area contributed by atoms with Gasteiger partial charge in [-0.3, -0.25) is 4.79 Å². The number of hydrogen-bond acceptors (Lipinski definition) is 5. The zero-order chi connectivity index (χ0) is 14.5. The number of nitrogens with one attached hydrogen (secondary N) is 1. The van der Waals surface area contributed by atoms with E-state index < -0.39 is 0 Å². The van der Waals surface area contributed by atoms with Crippen LogP contribution in [0.4, 0.5) is 5.82 Å². The van der Waals surface area contributed by atoms with Crippen molar-refractivity contribution in [3.63, 3.8) is 0 Å². The Morgan fingerprint density at radius 1 is 1.50 bits per heavy atom. The molecule has 2 heterocycles. The van der Waals surface area contributed by atoms with Crippen LogP contribution in [0.2, 0.25) is 0 Å².